The highest BCUT2D eigenvalue weighted by Crippen LogP contribution is 2.40. The molecule has 0 heterocycles. The molecule has 0 heteroatoms. The SMILES string of the molecule is CC(C)C.CCC(C)(C)C.CCC(C)(C)C1CCCCC1.CCC(C)(C)CC.CCC(C)C.CCC(C)C(C)CC.CCC(C)CC.CCC(CC)(CC)CC.CCCC(C)CC. The summed E-state index contributed by atoms with van der Waals surface area (Å²) in [6.45, 7) is 70.3. The van der Waals surface area contributed by atoms with Crippen LogP contribution in [0.3, 0.4) is 0 Å². The van der Waals surface area contributed by atoms with Crippen LogP contribution >= 0.6 is 0 Å². The molecule has 63 heavy (non-hydrogen) atoms. The predicted molar refractivity (Wildman–Crippen MR) is 307 cm³/mol. The van der Waals surface area contributed by atoms with Gasteiger partial charge in [0.15, 0.2) is 0 Å². The van der Waals surface area contributed by atoms with Gasteiger partial charge in [-0.05, 0) is 75.9 Å². The fraction of sp³-hybridized carbons (Fsp3) is 1.00. The fourth-order valence-corrected chi connectivity index (χ4v) is 5.71. The number of hydrogen-bond donors (Lipinski definition) is 0. The van der Waals surface area contributed by atoms with Crippen LogP contribution in [0.2, 0.25) is 0 Å². The Balaban J connectivity index is -0.0000000913. The van der Waals surface area contributed by atoms with Crippen LogP contribution in [0.1, 0.15) is 349 Å². The molecular weight excluding hydrogens is 757 g/mol. The van der Waals surface area contributed by atoms with Gasteiger partial charge in [-0.2, -0.15) is 0 Å². The minimum absolute atomic E-state index is 0.542. The monoisotopic (exact) mass is 899 g/mol. The van der Waals surface area contributed by atoms with Gasteiger partial charge < -0.3 is 0 Å². The van der Waals surface area contributed by atoms with Crippen molar-refractivity contribution in [2.75, 3.05) is 0 Å². The molecule has 0 aromatic rings. The zero-order valence-electron chi connectivity index (χ0n) is 51.9. The average Bonchev–Trinajstić information content (AvgIpc) is 3.27. The molecule has 3 unspecified atom stereocenters. The van der Waals surface area contributed by atoms with E-state index in [-0.39, 0.29) is 0 Å². The molecule has 3 atom stereocenters. The molecule has 1 saturated carbocycles. The molecule has 0 nitrogen and oxygen atoms in total. The summed E-state index contributed by atoms with van der Waals surface area (Å²) in [4.78, 5) is 0. The van der Waals surface area contributed by atoms with E-state index in [0.717, 1.165) is 41.4 Å². The Hall–Kier alpha value is 0. The molecule has 0 N–H and O–H groups in total. The second-order valence-corrected chi connectivity index (χ2v) is 23.9. The Bertz CT molecular complexity index is 726. The normalized spacial score (nSPS) is 14.2. The first-order valence-corrected chi connectivity index (χ1v) is 28.9. The third-order valence-electron chi connectivity index (χ3n) is 15.5. The van der Waals surface area contributed by atoms with Crippen molar-refractivity contribution in [2.24, 2.45) is 63.1 Å². The molecule has 0 aromatic heterocycles. The molecular formula is C63H142. The van der Waals surface area contributed by atoms with Crippen molar-refractivity contribution in [3.05, 3.63) is 0 Å². The zero-order valence-corrected chi connectivity index (χ0v) is 51.9. The molecule has 1 aliphatic carbocycles. The Kier molecular flexibility index (Phi) is 67.3. The average molecular weight is 900 g/mol. The Morgan fingerprint density at radius 1 is 0.381 bits per heavy atom. The lowest BCUT2D eigenvalue weighted by Crippen LogP contribution is -2.25. The van der Waals surface area contributed by atoms with Crippen molar-refractivity contribution in [1.29, 1.82) is 0 Å². The van der Waals surface area contributed by atoms with Gasteiger partial charge in [0.05, 0.1) is 0 Å². The summed E-state index contributed by atoms with van der Waals surface area (Å²) in [5.74, 6) is 6.45. The number of rotatable bonds is 17. The Morgan fingerprint density at radius 3 is 0.794 bits per heavy atom. The van der Waals surface area contributed by atoms with Crippen molar-refractivity contribution in [3.8, 4) is 0 Å². The van der Waals surface area contributed by atoms with Gasteiger partial charge in [-0.3, -0.25) is 0 Å². The highest BCUT2D eigenvalue weighted by molar-refractivity contribution is 4.79. The van der Waals surface area contributed by atoms with Crippen molar-refractivity contribution in [2.45, 2.75) is 349 Å². The molecule has 0 bridgehead atoms. The van der Waals surface area contributed by atoms with Crippen LogP contribution in [0.5, 0.6) is 0 Å². The van der Waals surface area contributed by atoms with Gasteiger partial charge in [0.1, 0.15) is 0 Å². The van der Waals surface area contributed by atoms with Gasteiger partial charge in [-0.25, -0.2) is 0 Å². The second kappa shape index (κ2) is 53.0. The predicted octanol–water partition coefficient (Wildman–Crippen LogP) is 25.0. The smallest absolute Gasteiger partial charge is 0.0308 e. The largest absolute Gasteiger partial charge is 0.0654 e. The van der Waals surface area contributed by atoms with Crippen LogP contribution in [-0.2, 0) is 0 Å². The van der Waals surface area contributed by atoms with E-state index < -0.39 is 0 Å². The van der Waals surface area contributed by atoms with Crippen LogP contribution < -0.4 is 0 Å². The Morgan fingerprint density at radius 2 is 0.683 bits per heavy atom. The molecule has 1 fully saturated rings. The second-order valence-electron chi connectivity index (χ2n) is 23.9. The first-order chi connectivity index (χ1) is 28.9. The van der Waals surface area contributed by atoms with Crippen molar-refractivity contribution in [3.63, 3.8) is 0 Å². The maximum Gasteiger partial charge on any atom is -0.0308 e. The number of hydrogen-bond acceptors (Lipinski definition) is 0. The highest BCUT2D eigenvalue weighted by atomic mass is 14.3. The van der Waals surface area contributed by atoms with Gasteiger partial charge in [0.25, 0.3) is 0 Å². The van der Waals surface area contributed by atoms with E-state index in [4.69, 9.17) is 0 Å². The fourth-order valence-electron chi connectivity index (χ4n) is 5.71. The van der Waals surface area contributed by atoms with Crippen LogP contribution in [0.25, 0.3) is 0 Å². The maximum absolute atomic E-state index is 2.43. The van der Waals surface area contributed by atoms with E-state index in [2.05, 4.69) is 215 Å². The van der Waals surface area contributed by atoms with E-state index in [0.29, 0.717) is 21.7 Å². The molecule has 0 amide bonds. The first-order valence-electron chi connectivity index (χ1n) is 28.9. The summed E-state index contributed by atoms with van der Waals surface area (Å²) in [6, 6.07) is 0. The van der Waals surface area contributed by atoms with Gasteiger partial charge in [-0.15, -0.1) is 0 Å². The summed E-state index contributed by atoms with van der Waals surface area (Å²) < 4.78 is 0. The lowest BCUT2D eigenvalue weighted by molar-refractivity contribution is 0.152. The first kappa shape index (κ1) is 80.1. The summed E-state index contributed by atoms with van der Waals surface area (Å²) in [6.07, 6.45) is 28.7. The highest BCUT2D eigenvalue weighted by Gasteiger charge is 2.28. The van der Waals surface area contributed by atoms with Gasteiger partial charge >= 0.3 is 0 Å². The van der Waals surface area contributed by atoms with Crippen LogP contribution in [0.4, 0.5) is 0 Å². The molecule has 0 aliphatic heterocycles. The van der Waals surface area contributed by atoms with Gasteiger partial charge in [0.2, 0.25) is 0 Å². The van der Waals surface area contributed by atoms with E-state index in [1.807, 2.05) is 0 Å². The Labute approximate surface area is 410 Å². The molecule has 0 spiro atoms. The standard InChI is InChI=1S/C11H22.C9H20.C8H18.2C7H16.2C6H14.C5H12.C4H10/c1-4-11(2,3)10-8-6-5-7-9-10;1-5-9(6-2,7-3)8-4;1-5-7(3)8(4)6-2;1-5-7(3,4)6-2;1-4-6-7(3)5-2;1-5-6(2,3)4;1-4-6(3)5-2;1-4-5(2)3;1-4(2)3/h10H,4-9H2,1-3H3;5-8H2,1-4H3;7-8H,5-6H2,1-4H3;5-6H2,1-4H3;7H,4-6H2,1-3H3;5H2,1-4H3;6H,4-5H2,1-3H3;5H,4H2,1-3H3;4H,1-3H3. The molecule has 0 saturated heterocycles. The van der Waals surface area contributed by atoms with E-state index >= 15 is 0 Å². The molecule has 394 valence electrons. The van der Waals surface area contributed by atoms with Gasteiger partial charge in [0, 0.05) is 0 Å². The third kappa shape index (κ3) is 68.7. The van der Waals surface area contributed by atoms with Crippen molar-refractivity contribution in [1.82, 2.24) is 0 Å². The maximum atomic E-state index is 2.43. The minimum atomic E-state index is 0.542. The molecule has 0 radical (unpaired) electrons. The van der Waals surface area contributed by atoms with Crippen LogP contribution in [0, 0.1) is 63.1 Å². The summed E-state index contributed by atoms with van der Waals surface area (Å²) in [7, 11) is 0. The summed E-state index contributed by atoms with van der Waals surface area (Å²) in [5.41, 5.74) is 2.40. The lowest BCUT2D eigenvalue weighted by atomic mass is 9.70. The quantitative estimate of drug-likeness (QED) is 0.136. The van der Waals surface area contributed by atoms with E-state index in [9.17, 15) is 0 Å². The molecule has 1 rings (SSSR count). The minimum Gasteiger partial charge on any atom is -0.0654 e. The van der Waals surface area contributed by atoms with Gasteiger partial charge in [-0.1, -0.05) is 337 Å². The third-order valence-corrected chi connectivity index (χ3v) is 15.5. The van der Waals surface area contributed by atoms with Crippen LogP contribution in [0.15, 0.2) is 0 Å². The van der Waals surface area contributed by atoms with Crippen molar-refractivity contribution >= 4 is 0 Å². The molecule has 0 aromatic carbocycles. The van der Waals surface area contributed by atoms with Crippen molar-refractivity contribution < 1.29 is 0 Å². The van der Waals surface area contributed by atoms with E-state index in [1.165, 1.54) is 135 Å². The summed E-state index contributed by atoms with van der Waals surface area (Å²) in [5, 5.41) is 0. The van der Waals surface area contributed by atoms with E-state index in [1.54, 1.807) is 0 Å². The molecule has 1 aliphatic rings. The van der Waals surface area contributed by atoms with Crippen LogP contribution in [-0.4, -0.2) is 0 Å². The topological polar surface area (TPSA) is 0 Å². The zero-order chi connectivity index (χ0) is 51.9. The summed E-state index contributed by atoms with van der Waals surface area (Å²) >= 11 is 0. The lowest BCUT2D eigenvalue weighted by Gasteiger charge is -2.36.